The summed E-state index contributed by atoms with van der Waals surface area (Å²) in [4.78, 5) is 0. The maximum absolute atomic E-state index is 10.1. The van der Waals surface area contributed by atoms with Crippen LogP contribution in [0.2, 0.25) is 0 Å². The summed E-state index contributed by atoms with van der Waals surface area (Å²) in [6, 6.07) is 9.62. The van der Waals surface area contributed by atoms with Crippen molar-refractivity contribution in [1.82, 2.24) is 0 Å². The fourth-order valence-electron chi connectivity index (χ4n) is 1.61. The Hall–Kier alpha value is -1.02. The topological polar surface area (TPSA) is 29.5 Å². The van der Waals surface area contributed by atoms with Crippen molar-refractivity contribution >= 4 is 0 Å². The van der Waals surface area contributed by atoms with E-state index in [0.717, 1.165) is 18.6 Å². The molecule has 0 saturated heterocycles. The Kier molecular flexibility index (Phi) is 4.81. The molecule has 1 N–H and O–H groups in total. The Morgan fingerprint density at radius 1 is 1.19 bits per heavy atom. The second kappa shape index (κ2) is 5.90. The van der Waals surface area contributed by atoms with E-state index in [1.54, 1.807) is 0 Å². The molecule has 0 heterocycles. The van der Waals surface area contributed by atoms with E-state index in [1.165, 1.54) is 0 Å². The third kappa shape index (κ3) is 3.24. The number of para-hydroxylation sites is 1. The van der Waals surface area contributed by atoms with Crippen molar-refractivity contribution < 1.29 is 9.84 Å². The molecule has 1 aromatic carbocycles. The summed E-state index contributed by atoms with van der Waals surface area (Å²) in [5.41, 5.74) is -0.0468. The highest BCUT2D eigenvalue weighted by Gasteiger charge is 2.29. The molecule has 0 aliphatic heterocycles. The molecule has 0 spiro atoms. The maximum atomic E-state index is 10.1. The summed E-state index contributed by atoms with van der Waals surface area (Å²) in [5, 5.41) is 10.1. The minimum Gasteiger partial charge on any atom is -0.491 e. The van der Waals surface area contributed by atoms with E-state index in [0.29, 0.717) is 6.61 Å². The summed E-state index contributed by atoms with van der Waals surface area (Å²) in [6.45, 7) is 6.68. The molecule has 0 fully saturated rings. The number of benzene rings is 1. The van der Waals surface area contributed by atoms with Crippen LogP contribution in [0, 0.1) is 5.41 Å². The lowest BCUT2D eigenvalue weighted by Crippen LogP contribution is -2.36. The number of rotatable bonds is 6. The highest BCUT2D eigenvalue weighted by molar-refractivity contribution is 5.20. The van der Waals surface area contributed by atoms with Gasteiger partial charge in [-0.1, -0.05) is 39.0 Å². The van der Waals surface area contributed by atoms with E-state index in [9.17, 15) is 5.11 Å². The molecule has 1 rings (SSSR count). The van der Waals surface area contributed by atoms with E-state index in [4.69, 9.17) is 4.74 Å². The summed E-state index contributed by atoms with van der Waals surface area (Å²) < 4.78 is 5.57. The highest BCUT2D eigenvalue weighted by Crippen LogP contribution is 2.30. The lowest BCUT2D eigenvalue weighted by atomic mass is 9.79. The first-order chi connectivity index (χ1) is 7.62. The zero-order valence-corrected chi connectivity index (χ0v) is 10.4. The Morgan fingerprint density at radius 3 is 2.25 bits per heavy atom. The second-order valence-electron chi connectivity index (χ2n) is 4.50. The molecule has 1 unspecified atom stereocenters. The molecule has 0 bridgehead atoms. The molecule has 2 nitrogen and oxygen atoms in total. The predicted octanol–water partition coefficient (Wildman–Crippen LogP) is 3.25. The first-order valence-electron chi connectivity index (χ1n) is 5.98. The van der Waals surface area contributed by atoms with Gasteiger partial charge in [0.05, 0.1) is 6.10 Å². The van der Waals surface area contributed by atoms with Crippen LogP contribution >= 0.6 is 0 Å². The van der Waals surface area contributed by atoms with Gasteiger partial charge in [-0.3, -0.25) is 0 Å². The summed E-state index contributed by atoms with van der Waals surface area (Å²) in [7, 11) is 0. The Bertz CT molecular complexity index is 291. The lowest BCUT2D eigenvalue weighted by molar-refractivity contribution is -0.00327. The zero-order chi connectivity index (χ0) is 12.0. The van der Waals surface area contributed by atoms with Crippen LogP contribution in [-0.4, -0.2) is 17.8 Å². The zero-order valence-electron chi connectivity index (χ0n) is 10.4. The number of aliphatic hydroxyl groups excluding tert-OH is 1. The van der Waals surface area contributed by atoms with Crippen molar-refractivity contribution in [3.8, 4) is 5.75 Å². The maximum Gasteiger partial charge on any atom is 0.119 e. The minimum absolute atomic E-state index is 0.0468. The molecule has 90 valence electrons. The SMILES string of the molecule is CCC(C)(CC)C(O)COc1ccccc1. The number of hydrogen-bond acceptors (Lipinski definition) is 2. The molecule has 1 aromatic rings. The van der Waals surface area contributed by atoms with Crippen LogP contribution in [0.1, 0.15) is 33.6 Å². The van der Waals surface area contributed by atoms with Gasteiger partial charge in [0.2, 0.25) is 0 Å². The molecule has 1 atom stereocenters. The molecule has 0 aromatic heterocycles. The van der Waals surface area contributed by atoms with Gasteiger partial charge < -0.3 is 9.84 Å². The quantitative estimate of drug-likeness (QED) is 0.800. The summed E-state index contributed by atoms with van der Waals surface area (Å²) >= 11 is 0. The van der Waals surface area contributed by atoms with Crippen LogP contribution in [-0.2, 0) is 0 Å². The largest absolute Gasteiger partial charge is 0.491 e. The molecule has 0 radical (unpaired) electrons. The fraction of sp³-hybridized carbons (Fsp3) is 0.571. The van der Waals surface area contributed by atoms with Crippen LogP contribution in [0.25, 0.3) is 0 Å². The average molecular weight is 222 g/mol. The molecular formula is C14H22O2. The monoisotopic (exact) mass is 222 g/mol. The Morgan fingerprint density at radius 2 is 1.75 bits per heavy atom. The van der Waals surface area contributed by atoms with Crippen LogP contribution in [0.5, 0.6) is 5.75 Å². The predicted molar refractivity (Wildman–Crippen MR) is 66.6 cm³/mol. The lowest BCUT2D eigenvalue weighted by Gasteiger charge is -2.32. The van der Waals surface area contributed by atoms with Crippen molar-refractivity contribution in [3.05, 3.63) is 30.3 Å². The average Bonchev–Trinajstić information content (AvgIpc) is 2.36. The van der Waals surface area contributed by atoms with Gasteiger partial charge in [0, 0.05) is 0 Å². The van der Waals surface area contributed by atoms with Gasteiger partial charge >= 0.3 is 0 Å². The number of ether oxygens (including phenoxy) is 1. The van der Waals surface area contributed by atoms with Gasteiger partial charge in [-0.25, -0.2) is 0 Å². The van der Waals surface area contributed by atoms with Gasteiger partial charge in [0.1, 0.15) is 12.4 Å². The Labute approximate surface area is 98.3 Å². The first-order valence-corrected chi connectivity index (χ1v) is 5.98. The standard InChI is InChI=1S/C14H22O2/c1-4-14(3,5-2)13(15)11-16-12-9-7-6-8-10-12/h6-10,13,15H,4-5,11H2,1-3H3. The van der Waals surface area contributed by atoms with E-state index in [1.807, 2.05) is 30.3 Å². The van der Waals surface area contributed by atoms with E-state index < -0.39 is 6.10 Å². The van der Waals surface area contributed by atoms with Crippen LogP contribution in [0.15, 0.2) is 30.3 Å². The van der Waals surface area contributed by atoms with E-state index >= 15 is 0 Å². The van der Waals surface area contributed by atoms with E-state index in [-0.39, 0.29) is 5.41 Å². The van der Waals surface area contributed by atoms with Gasteiger partial charge in [-0.05, 0) is 30.4 Å². The number of aliphatic hydroxyl groups is 1. The van der Waals surface area contributed by atoms with Crippen molar-refractivity contribution in [1.29, 1.82) is 0 Å². The number of hydrogen-bond donors (Lipinski definition) is 1. The summed E-state index contributed by atoms with van der Waals surface area (Å²) in [5.74, 6) is 0.816. The summed E-state index contributed by atoms with van der Waals surface area (Å²) in [6.07, 6.45) is 1.51. The van der Waals surface area contributed by atoms with Crippen molar-refractivity contribution in [3.63, 3.8) is 0 Å². The molecule has 16 heavy (non-hydrogen) atoms. The normalized spacial score (nSPS) is 13.5. The molecule has 0 aliphatic carbocycles. The van der Waals surface area contributed by atoms with Crippen LogP contribution in [0.3, 0.4) is 0 Å². The van der Waals surface area contributed by atoms with Crippen molar-refractivity contribution in [2.45, 2.75) is 39.7 Å². The fourth-order valence-corrected chi connectivity index (χ4v) is 1.61. The van der Waals surface area contributed by atoms with Gasteiger partial charge in [-0.15, -0.1) is 0 Å². The van der Waals surface area contributed by atoms with Gasteiger partial charge in [0.25, 0.3) is 0 Å². The van der Waals surface area contributed by atoms with Gasteiger partial charge in [0.15, 0.2) is 0 Å². The molecule has 0 aliphatic rings. The van der Waals surface area contributed by atoms with Crippen LogP contribution in [0.4, 0.5) is 0 Å². The van der Waals surface area contributed by atoms with Crippen molar-refractivity contribution in [2.24, 2.45) is 5.41 Å². The molecule has 0 saturated carbocycles. The first kappa shape index (κ1) is 13.0. The van der Waals surface area contributed by atoms with Crippen molar-refractivity contribution in [2.75, 3.05) is 6.61 Å². The Balaban J connectivity index is 2.49. The third-order valence-electron chi connectivity index (χ3n) is 3.57. The molecule has 0 amide bonds. The highest BCUT2D eigenvalue weighted by atomic mass is 16.5. The second-order valence-corrected chi connectivity index (χ2v) is 4.50. The van der Waals surface area contributed by atoms with Crippen LogP contribution < -0.4 is 4.74 Å². The van der Waals surface area contributed by atoms with E-state index in [2.05, 4.69) is 20.8 Å². The smallest absolute Gasteiger partial charge is 0.119 e. The van der Waals surface area contributed by atoms with Gasteiger partial charge in [-0.2, -0.15) is 0 Å². The minimum atomic E-state index is -0.414. The molecule has 2 heteroatoms. The third-order valence-corrected chi connectivity index (χ3v) is 3.57. The molecular weight excluding hydrogens is 200 g/mol.